The third kappa shape index (κ3) is 4.67. The molecule has 162 valence electrons. The summed E-state index contributed by atoms with van der Waals surface area (Å²) in [6.45, 7) is 7.50. The van der Waals surface area contributed by atoms with Crippen molar-refractivity contribution in [3.8, 4) is 11.5 Å². The van der Waals surface area contributed by atoms with E-state index in [0.29, 0.717) is 24.0 Å². The monoisotopic (exact) mass is 441 g/mol. The number of rotatable bonds is 6. The molecule has 0 radical (unpaired) electrons. The maximum atomic E-state index is 13.6. The first-order valence-electron chi connectivity index (χ1n) is 9.42. The molecule has 3 rings (SSSR count). The van der Waals surface area contributed by atoms with E-state index < -0.39 is 42.9 Å². The molecular formula is C21H23F4NO3Si. The highest BCUT2D eigenvalue weighted by molar-refractivity contribution is 6.69. The van der Waals surface area contributed by atoms with Crippen LogP contribution in [0.3, 0.4) is 0 Å². The maximum absolute atomic E-state index is 13.6. The van der Waals surface area contributed by atoms with Crippen LogP contribution < -0.4 is 10.5 Å². The van der Waals surface area contributed by atoms with Gasteiger partial charge in [-0.2, -0.15) is 13.2 Å². The number of carbonyl (C=O) groups excluding carboxylic acids is 1. The highest BCUT2D eigenvalue weighted by atomic mass is 28.4. The third-order valence-electron chi connectivity index (χ3n) is 4.74. The lowest BCUT2D eigenvalue weighted by Gasteiger charge is -2.29. The Bertz CT molecular complexity index is 995. The summed E-state index contributed by atoms with van der Waals surface area (Å²) in [5.41, 5.74) is 3.38. The van der Waals surface area contributed by atoms with Gasteiger partial charge in [-0.3, -0.25) is 4.79 Å². The van der Waals surface area contributed by atoms with E-state index in [1.807, 2.05) is 19.6 Å². The fourth-order valence-corrected chi connectivity index (χ4v) is 4.92. The number of hydrogen-bond acceptors (Lipinski definition) is 3. The van der Waals surface area contributed by atoms with Crippen molar-refractivity contribution in [2.45, 2.75) is 51.2 Å². The molecule has 0 aromatic heterocycles. The summed E-state index contributed by atoms with van der Waals surface area (Å²) in [5, 5.41) is 0. The van der Waals surface area contributed by atoms with Crippen molar-refractivity contribution in [2.24, 2.45) is 5.73 Å². The summed E-state index contributed by atoms with van der Waals surface area (Å²) >= 11 is 0. The number of benzene rings is 2. The largest absolute Gasteiger partial charge is 0.457 e. The van der Waals surface area contributed by atoms with Crippen LogP contribution >= 0.6 is 0 Å². The van der Waals surface area contributed by atoms with Gasteiger partial charge < -0.3 is 14.9 Å². The first-order chi connectivity index (χ1) is 13.7. The fourth-order valence-electron chi connectivity index (χ4n) is 3.43. The Labute approximate surface area is 173 Å². The van der Waals surface area contributed by atoms with Gasteiger partial charge in [-0.25, -0.2) is 4.39 Å². The highest BCUT2D eigenvalue weighted by Gasteiger charge is 2.51. The molecule has 2 N–H and O–H groups in total. The molecule has 0 bridgehead atoms. The zero-order valence-electron chi connectivity index (χ0n) is 17.1. The Balaban J connectivity index is 2.20. The van der Waals surface area contributed by atoms with Crippen molar-refractivity contribution in [3.63, 3.8) is 0 Å². The lowest BCUT2D eigenvalue weighted by atomic mass is 9.97. The van der Waals surface area contributed by atoms with Crippen LogP contribution in [-0.2, 0) is 16.2 Å². The van der Waals surface area contributed by atoms with E-state index in [9.17, 15) is 22.4 Å². The van der Waals surface area contributed by atoms with Crippen LogP contribution in [0.1, 0.15) is 39.9 Å². The molecule has 1 amide bonds. The van der Waals surface area contributed by atoms with E-state index in [2.05, 4.69) is 0 Å². The molecule has 30 heavy (non-hydrogen) atoms. The molecule has 9 heteroatoms. The standard InChI is InChI=1S/C21H23F4NO3Si/c1-12-9-13(22)5-6-17(12)28-18-11-15(21(23,24)25)14(19(26)27)10-16(18)20(7-8-20)29-30(2,3)4/h5-6,9-11H,7-8H2,1-4H3,(H2,26,27). The minimum Gasteiger partial charge on any atom is -0.457 e. The lowest BCUT2D eigenvalue weighted by molar-refractivity contribution is -0.138. The zero-order valence-corrected chi connectivity index (χ0v) is 18.1. The first kappa shape index (κ1) is 22.3. The van der Waals surface area contributed by atoms with Crippen LogP contribution in [0, 0.1) is 12.7 Å². The van der Waals surface area contributed by atoms with Gasteiger partial charge >= 0.3 is 6.18 Å². The Morgan fingerprint density at radius 2 is 1.73 bits per heavy atom. The number of hydrogen-bond donors (Lipinski definition) is 1. The molecule has 0 heterocycles. The molecule has 1 aliphatic carbocycles. The van der Waals surface area contributed by atoms with Crippen molar-refractivity contribution in [1.29, 1.82) is 0 Å². The van der Waals surface area contributed by atoms with Crippen LogP contribution in [0.15, 0.2) is 30.3 Å². The lowest BCUT2D eigenvalue weighted by Crippen LogP contribution is -2.32. The van der Waals surface area contributed by atoms with Crippen molar-refractivity contribution in [1.82, 2.24) is 0 Å². The number of aryl methyl sites for hydroxylation is 1. The molecule has 0 saturated heterocycles. The van der Waals surface area contributed by atoms with Crippen molar-refractivity contribution in [3.05, 3.63) is 58.4 Å². The third-order valence-corrected chi connectivity index (χ3v) is 5.75. The molecule has 1 aliphatic rings. The number of ether oxygens (including phenoxy) is 1. The minimum absolute atomic E-state index is 0.0854. The Morgan fingerprint density at radius 3 is 2.20 bits per heavy atom. The number of halogens is 4. The second-order valence-electron chi connectivity index (χ2n) is 8.48. The normalized spacial score (nSPS) is 15.7. The van der Waals surface area contributed by atoms with E-state index in [0.717, 1.165) is 18.2 Å². The van der Waals surface area contributed by atoms with Gasteiger partial charge in [0.2, 0.25) is 5.91 Å². The fraction of sp³-hybridized carbons (Fsp3) is 0.381. The summed E-state index contributed by atoms with van der Waals surface area (Å²) in [5.74, 6) is -1.54. The van der Waals surface area contributed by atoms with Gasteiger partial charge in [-0.15, -0.1) is 0 Å². The Morgan fingerprint density at radius 1 is 1.10 bits per heavy atom. The van der Waals surface area contributed by atoms with Gasteiger partial charge in [0.25, 0.3) is 0 Å². The number of nitrogens with two attached hydrogens (primary N) is 1. The van der Waals surface area contributed by atoms with Crippen LogP contribution in [0.2, 0.25) is 19.6 Å². The minimum atomic E-state index is -4.81. The summed E-state index contributed by atoms with van der Waals surface area (Å²) in [7, 11) is -2.08. The first-order valence-corrected chi connectivity index (χ1v) is 12.8. The molecule has 0 atom stereocenters. The number of primary amides is 1. The number of carbonyl (C=O) groups is 1. The van der Waals surface area contributed by atoms with Crippen molar-refractivity contribution in [2.75, 3.05) is 0 Å². The van der Waals surface area contributed by atoms with E-state index in [4.69, 9.17) is 14.9 Å². The molecule has 4 nitrogen and oxygen atoms in total. The van der Waals surface area contributed by atoms with Crippen molar-refractivity contribution >= 4 is 14.2 Å². The second kappa shape index (κ2) is 7.38. The van der Waals surface area contributed by atoms with Gasteiger partial charge in [0.05, 0.1) is 16.7 Å². The summed E-state index contributed by atoms with van der Waals surface area (Å²) in [6.07, 6.45) is -3.64. The van der Waals surface area contributed by atoms with Gasteiger partial charge in [0.15, 0.2) is 8.32 Å². The van der Waals surface area contributed by atoms with Gasteiger partial charge in [0.1, 0.15) is 17.3 Å². The number of alkyl halides is 3. The van der Waals surface area contributed by atoms with Crippen molar-refractivity contribution < 1.29 is 31.5 Å². The van der Waals surface area contributed by atoms with E-state index in [1.165, 1.54) is 12.1 Å². The predicted octanol–water partition coefficient (Wildman–Crippen LogP) is 5.88. The van der Waals surface area contributed by atoms with Crippen LogP contribution in [0.25, 0.3) is 0 Å². The van der Waals surface area contributed by atoms with Gasteiger partial charge in [-0.1, -0.05) is 0 Å². The molecule has 1 saturated carbocycles. The maximum Gasteiger partial charge on any atom is 0.417 e. The zero-order chi connectivity index (χ0) is 22.5. The second-order valence-corrected chi connectivity index (χ2v) is 12.9. The highest BCUT2D eigenvalue weighted by Crippen LogP contribution is 2.55. The summed E-state index contributed by atoms with van der Waals surface area (Å²) in [6, 6.07) is 5.65. The quantitative estimate of drug-likeness (QED) is 0.449. The van der Waals surface area contributed by atoms with Crippen LogP contribution in [0.5, 0.6) is 11.5 Å². The molecule has 2 aromatic rings. The Hall–Kier alpha value is -2.39. The molecule has 1 fully saturated rings. The van der Waals surface area contributed by atoms with Gasteiger partial charge in [-0.05, 0) is 75.3 Å². The molecule has 0 aliphatic heterocycles. The van der Waals surface area contributed by atoms with Crippen LogP contribution in [0.4, 0.5) is 17.6 Å². The average molecular weight is 441 g/mol. The molecule has 2 aromatic carbocycles. The molecule has 0 unspecified atom stereocenters. The topological polar surface area (TPSA) is 61.5 Å². The average Bonchev–Trinajstić information content (AvgIpc) is 3.34. The van der Waals surface area contributed by atoms with E-state index in [1.54, 1.807) is 6.92 Å². The predicted molar refractivity (Wildman–Crippen MR) is 107 cm³/mol. The smallest absolute Gasteiger partial charge is 0.417 e. The SMILES string of the molecule is Cc1cc(F)ccc1Oc1cc(C(F)(F)F)c(C(N)=O)cc1C1(O[Si](C)(C)C)CC1. The molecule has 0 spiro atoms. The van der Waals surface area contributed by atoms with E-state index >= 15 is 0 Å². The van der Waals surface area contributed by atoms with E-state index in [-0.39, 0.29) is 11.5 Å². The van der Waals surface area contributed by atoms with Crippen LogP contribution in [-0.4, -0.2) is 14.2 Å². The number of amides is 1. The Kier molecular flexibility index (Phi) is 5.49. The molecular weight excluding hydrogens is 418 g/mol. The summed E-state index contributed by atoms with van der Waals surface area (Å²) < 4.78 is 66.5. The summed E-state index contributed by atoms with van der Waals surface area (Å²) in [4.78, 5) is 11.8. The van der Waals surface area contributed by atoms with Gasteiger partial charge in [0, 0.05) is 5.56 Å².